The van der Waals surface area contributed by atoms with Crippen LogP contribution in [0.3, 0.4) is 0 Å². The molecule has 1 saturated heterocycles. The van der Waals surface area contributed by atoms with Gasteiger partial charge in [0.05, 0.1) is 40.8 Å². The molecule has 3 heterocycles. The molecule has 0 amide bonds. The van der Waals surface area contributed by atoms with Gasteiger partial charge in [-0.05, 0) is 17.7 Å². The number of ether oxygens (including phenoxy) is 4. The van der Waals surface area contributed by atoms with Gasteiger partial charge < -0.3 is 44.4 Å². The van der Waals surface area contributed by atoms with Crippen molar-refractivity contribution in [2.45, 2.75) is 37.2 Å². The van der Waals surface area contributed by atoms with E-state index in [2.05, 4.69) is 19.9 Å². The zero-order valence-corrected chi connectivity index (χ0v) is 18.8. The molecule has 0 radical (unpaired) electrons. The quantitative estimate of drug-likeness (QED) is 0.279. The number of aromatic nitrogens is 4. The van der Waals surface area contributed by atoms with E-state index in [1.165, 1.54) is 38.6 Å². The van der Waals surface area contributed by atoms with E-state index in [0.29, 0.717) is 33.9 Å². The van der Waals surface area contributed by atoms with Crippen molar-refractivity contribution in [3.8, 4) is 17.2 Å². The first-order valence-electron chi connectivity index (χ1n) is 10.4. The first-order chi connectivity index (χ1) is 16.4. The number of H-pyrrole nitrogens is 1. The highest BCUT2D eigenvalue weighted by molar-refractivity contribution is 5.68. The Morgan fingerprint density at radius 3 is 2.35 bits per heavy atom. The number of benzene rings is 1. The summed E-state index contributed by atoms with van der Waals surface area (Å²) in [6.07, 6.45) is -3.87. The number of aliphatic hydroxyl groups is 4. The Bertz CT molecular complexity index is 1180. The lowest BCUT2D eigenvalue weighted by molar-refractivity contribution is -0.250. The van der Waals surface area contributed by atoms with Crippen LogP contribution in [0, 0.1) is 0 Å². The highest BCUT2D eigenvalue weighted by atomic mass is 16.6. The number of hydrogen-bond acceptors (Lipinski definition) is 11. The molecule has 4 rings (SSSR count). The van der Waals surface area contributed by atoms with E-state index in [-0.39, 0.29) is 6.54 Å². The first kappa shape index (κ1) is 23.9. The molecular formula is C21H27N5O8. The maximum atomic E-state index is 10.5. The molecule has 1 unspecified atom stereocenters. The number of nitrogens with one attached hydrogen (secondary N) is 1. The predicted octanol–water partition coefficient (Wildman–Crippen LogP) is -1.14. The van der Waals surface area contributed by atoms with Crippen LogP contribution >= 0.6 is 0 Å². The molecule has 13 heteroatoms. The van der Waals surface area contributed by atoms with E-state index in [9.17, 15) is 20.4 Å². The summed E-state index contributed by atoms with van der Waals surface area (Å²) in [5.74, 6) is 1.48. The summed E-state index contributed by atoms with van der Waals surface area (Å²) in [5, 5.41) is 40.1. The van der Waals surface area contributed by atoms with Crippen molar-refractivity contribution in [2.75, 3.05) is 27.9 Å². The van der Waals surface area contributed by atoms with Crippen molar-refractivity contribution in [3.63, 3.8) is 0 Å². The molecule has 3 aromatic rings. The fraction of sp³-hybridized carbons (Fsp3) is 0.476. The zero-order valence-electron chi connectivity index (χ0n) is 18.8. The Morgan fingerprint density at radius 1 is 1.03 bits per heavy atom. The fourth-order valence-corrected chi connectivity index (χ4v) is 3.89. The van der Waals surface area contributed by atoms with Crippen LogP contribution in [0.2, 0.25) is 0 Å². The Morgan fingerprint density at radius 2 is 1.74 bits per heavy atom. The number of hydrogen-bond donors (Lipinski definition) is 5. The Balaban J connectivity index is 1.70. The minimum absolute atomic E-state index is 0.238. The third-order valence-electron chi connectivity index (χ3n) is 5.67. The molecule has 5 N–H and O–H groups in total. The van der Waals surface area contributed by atoms with E-state index < -0.39 is 37.3 Å². The smallest absolute Gasteiger partial charge is 0.203 e. The highest BCUT2D eigenvalue weighted by Gasteiger charge is 2.44. The average Bonchev–Trinajstić information content (AvgIpc) is 3.36. The van der Waals surface area contributed by atoms with Gasteiger partial charge in [-0.2, -0.15) is 0 Å². The van der Waals surface area contributed by atoms with Gasteiger partial charge >= 0.3 is 0 Å². The average molecular weight is 477 g/mol. The van der Waals surface area contributed by atoms with Crippen LogP contribution in [0.1, 0.15) is 11.8 Å². The molecule has 0 spiro atoms. The van der Waals surface area contributed by atoms with E-state index in [1.807, 2.05) is 0 Å². The molecule has 0 bridgehead atoms. The Labute approximate surface area is 193 Å². The van der Waals surface area contributed by atoms with Crippen LogP contribution in [-0.4, -0.2) is 92.3 Å². The van der Waals surface area contributed by atoms with E-state index in [1.54, 1.807) is 12.1 Å². The van der Waals surface area contributed by atoms with Crippen LogP contribution in [0.4, 0.5) is 0 Å². The van der Waals surface area contributed by atoms with Gasteiger partial charge in [0, 0.05) is 0 Å². The molecule has 1 aromatic carbocycles. The van der Waals surface area contributed by atoms with Gasteiger partial charge in [0.1, 0.15) is 36.3 Å². The zero-order chi connectivity index (χ0) is 24.4. The second-order valence-corrected chi connectivity index (χ2v) is 7.65. The van der Waals surface area contributed by atoms with Gasteiger partial charge in [-0.3, -0.25) is 9.56 Å². The molecule has 34 heavy (non-hydrogen) atoms. The summed E-state index contributed by atoms with van der Waals surface area (Å²) < 4.78 is 23.1. The van der Waals surface area contributed by atoms with Gasteiger partial charge in [0.15, 0.2) is 28.9 Å². The minimum atomic E-state index is -1.53. The normalized spacial score (nSPS) is 25.5. The topological polar surface area (TPSA) is 177 Å². The molecule has 1 aliphatic heterocycles. The number of imidazole rings is 1. The van der Waals surface area contributed by atoms with Gasteiger partial charge in [-0.15, -0.1) is 0 Å². The Kier molecular flexibility index (Phi) is 7.00. The van der Waals surface area contributed by atoms with Crippen LogP contribution < -0.4 is 19.7 Å². The Hall–Kier alpha value is -3.23. The molecule has 184 valence electrons. The molecular weight excluding hydrogens is 450 g/mol. The summed E-state index contributed by atoms with van der Waals surface area (Å²) in [6.45, 7) is -0.302. The number of methoxy groups -OCH3 is 3. The van der Waals surface area contributed by atoms with Gasteiger partial charge in [-0.1, -0.05) is 0 Å². The molecule has 1 fully saturated rings. The van der Waals surface area contributed by atoms with E-state index >= 15 is 0 Å². The SMILES string of the molecule is COc1cc(CN=c2ncn(C3O[C@H](CO)[C@@H](O)[C@H](O)[C@H]3O)c3nc[nH]c23)cc(OC)c1OC. The summed E-state index contributed by atoms with van der Waals surface area (Å²) in [5.41, 5.74) is 1.95. The summed E-state index contributed by atoms with van der Waals surface area (Å²) >= 11 is 0. The highest BCUT2D eigenvalue weighted by Crippen LogP contribution is 2.38. The number of fused-ring (bicyclic) bond motifs is 1. The van der Waals surface area contributed by atoms with Crippen LogP contribution in [0.5, 0.6) is 17.2 Å². The molecule has 1 aliphatic rings. The predicted molar refractivity (Wildman–Crippen MR) is 116 cm³/mol. The largest absolute Gasteiger partial charge is 0.493 e. The van der Waals surface area contributed by atoms with E-state index in [4.69, 9.17) is 18.9 Å². The lowest BCUT2D eigenvalue weighted by Gasteiger charge is -2.40. The molecule has 13 nitrogen and oxygen atoms in total. The first-order valence-corrected chi connectivity index (χ1v) is 10.4. The number of nitrogens with zero attached hydrogens (tertiary/aromatic N) is 4. The van der Waals surface area contributed by atoms with Crippen molar-refractivity contribution >= 4 is 11.2 Å². The number of aromatic amines is 1. The van der Waals surface area contributed by atoms with Crippen molar-refractivity contribution < 1.29 is 39.4 Å². The third-order valence-corrected chi connectivity index (χ3v) is 5.67. The maximum absolute atomic E-state index is 10.5. The van der Waals surface area contributed by atoms with Gasteiger partial charge in [0.25, 0.3) is 0 Å². The fourth-order valence-electron chi connectivity index (χ4n) is 3.89. The van der Waals surface area contributed by atoms with Crippen molar-refractivity contribution in [3.05, 3.63) is 35.8 Å². The van der Waals surface area contributed by atoms with Crippen molar-refractivity contribution in [1.29, 1.82) is 0 Å². The number of aliphatic hydroxyl groups excluding tert-OH is 4. The number of rotatable bonds is 7. The second-order valence-electron chi connectivity index (χ2n) is 7.65. The molecule has 2 aromatic heterocycles. The lowest BCUT2D eigenvalue weighted by Crippen LogP contribution is -2.56. The van der Waals surface area contributed by atoms with Gasteiger partial charge in [-0.25, -0.2) is 9.97 Å². The van der Waals surface area contributed by atoms with E-state index in [0.717, 1.165) is 5.56 Å². The van der Waals surface area contributed by atoms with Crippen molar-refractivity contribution in [1.82, 2.24) is 19.5 Å². The van der Waals surface area contributed by atoms with Crippen molar-refractivity contribution in [2.24, 2.45) is 4.99 Å². The third kappa shape index (κ3) is 4.19. The monoisotopic (exact) mass is 477 g/mol. The standard InChI is InChI=1S/C21H27N5O8/c1-31-11-4-10(5-12(32-2)18(11)33-3)6-22-19-14-20(24-8-23-14)26(9-25-19)21-17(30)16(29)15(28)13(7-27)34-21/h4-5,8-9,13,15-17,21,27-30H,6-7H2,1-3H3,(H,23,24)/t13-,15-,16+,17-,21?/m1/s1. The summed E-state index contributed by atoms with van der Waals surface area (Å²) in [7, 11) is 4.59. The molecule has 0 saturated carbocycles. The lowest BCUT2D eigenvalue weighted by atomic mass is 9.98. The van der Waals surface area contributed by atoms with Crippen LogP contribution in [0.25, 0.3) is 11.2 Å². The van der Waals surface area contributed by atoms with Crippen LogP contribution in [-0.2, 0) is 11.3 Å². The second kappa shape index (κ2) is 9.95. The summed E-state index contributed by atoms with van der Waals surface area (Å²) in [4.78, 5) is 16.2. The summed E-state index contributed by atoms with van der Waals surface area (Å²) in [6, 6.07) is 3.57. The molecule has 5 atom stereocenters. The van der Waals surface area contributed by atoms with Crippen LogP contribution in [0.15, 0.2) is 29.8 Å². The maximum Gasteiger partial charge on any atom is 0.203 e. The van der Waals surface area contributed by atoms with Gasteiger partial charge in [0.2, 0.25) is 5.75 Å². The minimum Gasteiger partial charge on any atom is -0.493 e. The molecule has 0 aliphatic carbocycles.